The molecule has 1 N–H and O–H groups in total. The van der Waals surface area contributed by atoms with Gasteiger partial charge in [-0.2, -0.15) is 9.78 Å². The Labute approximate surface area is 175 Å². The molecule has 3 aromatic heterocycles. The van der Waals surface area contributed by atoms with Crippen LogP contribution < -0.4 is 5.32 Å². The summed E-state index contributed by atoms with van der Waals surface area (Å²) in [5, 5.41) is 8.55. The van der Waals surface area contributed by atoms with Gasteiger partial charge in [0, 0.05) is 29.3 Å². The van der Waals surface area contributed by atoms with Crippen LogP contribution in [0.2, 0.25) is 0 Å². The zero-order chi connectivity index (χ0) is 21.5. The standard InChI is InChI=1S/C23H24N6O/c1-14-7-8-18-16(11-14)12-17(15(2)26-18)21(30)27-20-13-19(23(3,4)5)28-29(20)22-24-9-6-10-25-22/h6-13H,1-5H3,(H,27,30). The predicted molar refractivity (Wildman–Crippen MR) is 117 cm³/mol. The molecule has 0 unspecified atom stereocenters. The molecule has 0 aliphatic carbocycles. The highest BCUT2D eigenvalue weighted by molar-refractivity contribution is 6.06. The Balaban J connectivity index is 1.75. The molecule has 7 nitrogen and oxygen atoms in total. The molecule has 4 rings (SSSR count). The topological polar surface area (TPSA) is 85.6 Å². The molecular weight excluding hydrogens is 376 g/mol. The fraction of sp³-hybridized carbons (Fsp3) is 0.261. The van der Waals surface area contributed by atoms with Crippen LogP contribution in [0.25, 0.3) is 16.9 Å². The van der Waals surface area contributed by atoms with Gasteiger partial charge in [-0.1, -0.05) is 32.4 Å². The fourth-order valence-corrected chi connectivity index (χ4v) is 3.20. The number of amides is 1. The number of pyridine rings is 1. The maximum Gasteiger partial charge on any atom is 0.258 e. The number of carbonyl (C=O) groups is 1. The Morgan fingerprint density at radius 2 is 1.77 bits per heavy atom. The van der Waals surface area contributed by atoms with Gasteiger partial charge in [0.25, 0.3) is 11.9 Å². The molecule has 7 heteroatoms. The van der Waals surface area contributed by atoms with Crippen molar-refractivity contribution in [1.29, 1.82) is 0 Å². The fourth-order valence-electron chi connectivity index (χ4n) is 3.20. The zero-order valence-electron chi connectivity index (χ0n) is 17.8. The first-order valence-electron chi connectivity index (χ1n) is 9.80. The van der Waals surface area contributed by atoms with E-state index in [1.54, 1.807) is 23.1 Å². The molecule has 0 radical (unpaired) electrons. The van der Waals surface area contributed by atoms with Crippen molar-refractivity contribution in [1.82, 2.24) is 24.7 Å². The first kappa shape index (κ1) is 19.7. The van der Waals surface area contributed by atoms with Crippen molar-refractivity contribution in [3.8, 4) is 5.95 Å². The number of fused-ring (bicyclic) bond motifs is 1. The average Bonchev–Trinajstić information content (AvgIpc) is 3.12. The lowest BCUT2D eigenvalue weighted by Crippen LogP contribution is -2.17. The maximum absolute atomic E-state index is 13.2. The minimum Gasteiger partial charge on any atom is -0.306 e. The Kier molecular flexibility index (Phi) is 4.81. The number of nitrogens with zero attached hydrogens (tertiary/aromatic N) is 5. The SMILES string of the molecule is Cc1ccc2nc(C)c(C(=O)Nc3cc(C(C)(C)C)nn3-c3ncccn3)cc2c1. The molecule has 1 aromatic carbocycles. The number of carbonyl (C=O) groups excluding carboxylic acids is 1. The van der Waals surface area contributed by atoms with Crippen molar-refractivity contribution in [2.75, 3.05) is 5.32 Å². The summed E-state index contributed by atoms with van der Waals surface area (Å²) in [6.45, 7) is 10.1. The molecule has 0 spiro atoms. The van der Waals surface area contributed by atoms with Crippen molar-refractivity contribution in [2.45, 2.75) is 40.0 Å². The Bertz CT molecular complexity index is 1240. The third-order valence-electron chi connectivity index (χ3n) is 4.87. The van der Waals surface area contributed by atoms with Crippen molar-refractivity contribution >= 4 is 22.6 Å². The molecule has 0 aliphatic rings. The van der Waals surface area contributed by atoms with Gasteiger partial charge in [-0.25, -0.2) is 9.97 Å². The van der Waals surface area contributed by atoms with E-state index in [9.17, 15) is 4.79 Å². The van der Waals surface area contributed by atoms with E-state index in [2.05, 4.69) is 46.1 Å². The van der Waals surface area contributed by atoms with Gasteiger partial charge in [0.2, 0.25) is 0 Å². The van der Waals surface area contributed by atoms with Crippen LogP contribution >= 0.6 is 0 Å². The number of benzene rings is 1. The van der Waals surface area contributed by atoms with Crippen molar-refractivity contribution in [2.24, 2.45) is 0 Å². The van der Waals surface area contributed by atoms with E-state index < -0.39 is 0 Å². The van der Waals surface area contributed by atoms with Crippen molar-refractivity contribution in [3.05, 3.63) is 71.3 Å². The summed E-state index contributed by atoms with van der Waals surface area (Å²) in [5.41, 5.74) is 3.81. The van der Waals surface area contributed by atoms with Crippen LogP contribution in [0.15, 0.2) is 48.8 Å². The van der Waals surface area contributed by atoms with E-state index in [1.807, 2.05) is 44.2 Å². The number of hydrogen-bond donors (Lipinski definition) is 1. The predicted octanol–water partition coefficient (Wildman–Crippen LogP) is 4.38. The van der Waals surface area contributed by atoms with E-state index in [0.717, 1.165) is 22.2 Å². The van der Waals surface area contributed by atoms with E-state index in [-0.39, 0.29) is 11.3 Å². The Morgan fingerprint density at radius 1 is 1.03 bits per heavy atom. The van der Waals surface area contributed by atoms with Crippen molar-refractivity contribution in [3.63, 3.8) is 0 Å². The highest BCUT2D eigenvalue weighted by Crippen LogP contribution is 2.26. The van der Waals surface area contributed by atoms with Gasteiger partial charge in [0.1, 0.15) is 5.82 Å². The van der Waals surface area contributed by atoms with E-state index in [0.29, 0.717) is 23.0 Å². The van der Waals surface area contributed by atoms with Gasteiger partial charge in [-0.3, -0.25) is 9.78 Å². The van der Waals surface area contributed by atoms with Crippen LogP contribution in [-0.4, -0.2) is 30.6 Å². The summed E-state index contributed by atoms with van der Waals surface area (Å²) in [7, 11) is 0. The number of aryl methyl sites for hydroxylation is 2. The first-order chi connectivity index (χ1) is 14.2. The molecule has 0 bridgehead atoms. The van der Waals surface area contributed by atoms with E-state index in [1.165, 1.54) is 0 Å². The second kappa shape index (κ2) is 7.33. The number of anilines is 1. The summed E-state index contributed by atoms with van der Waals surface area (Å²) in [6, 6.07) is 11.5. The van der Waals surface area contributed by atoms with Crippen LogP contribution in [-0.2, 0) is 5.41 Å². The van der Waals surface area contributed by atoms with Crippen LogP contribution in [0.3, 0.4) is 0 Å². The second-order valence-corrected chi connectivity index (χ2v) is 8.40. The van der Waals surface area contributed by atoms with Gasteiger partial charge in [0.15, 0.2) is 0 Å². The summed E-state index contributed by atoms with van der Waals surface area (Å²) in [5.74, 6) is 0.660. The summed E-state index contributed by atoms with van der Waals surface area (Å²) in [6.07, 6.45) is 3.29. The number of hydrogen-bond acceptors (Lipinski definition) is 5. The van der Waals surface area contributed by atoms with E-state index >= 15 is 0 Å². The molecule has 30 heavy (non-hydrogen) atoms. The highest BCUT2D eigenvalue weighted by Gasteiger charge is 2.23. The van der Waals surface area contributed by atoms with Crippen LogP contribution in [0, 0.1) is 13.8 Å². The number of aromatic nitrogens is 5. The second-order valence-electron chi connectivity index (χ2n) is 8.40. The minimum atomic E-state index is -0.249. The zero-order valence-corrected chi connectivity index (χ0v) is 17.8. The number of nitrogens with one attached hydrogen (secondary N) is 1. The lowest BCUT2D eigenvalue weighted by Gasteiger charge is -2.13. The molecular formula is C23H24N6O. The van der Waals surface area contributed by atoms with Gasteiger partial charge >= 0.3 is 0 Å². The van der Waals surface area contributed by atoms with E-state index in [4.69, 9.17) is 0 Å². The monoisotopic (exact) mass is 400 g/mol. The Morgan fingerprint density at radius 3 is 2.47 bits per heavy atom. The normalized spacial score (nSPS) is 11.6. The van der Waals surface area contributed by atoms with Crippen LogP contribution in [0.5, 0.6) is 0 Å². The first-order valence-corrected chi connectivity index (χ1v) is 9.80. The third kappa shape index (κ3) is 3.78. The summed E-state index contributed by atoms with van der Waals surface area (Å²) >= 11 is 0. The average molecular weight is 400 g/mol. The summed E-state index contributed by atoms with van der Waals surface area (Å²) in [4.78, 5) is 26.3. The highest BCUT2D eigenvalue weighted by atomic mass is 16.1. The number of rotatable bonds is 3. The largest absolute Gasteiger partial charge is 0.306 e. The summed E-state index contributed by atoms with van der Waals surface area (Å²) < 4.78 is 1.56. The van der Waals surface area contributed by atoms with Crippen LogP contribution in [0.4, 0.5) is 5.82 Å². The molecule has 0 fully saturated rings. The molecule has 3 heterocycles. The quantitative estimate of drug-likeness (QED) is 0.552. The lowest BCUT2D eigenvalue weighted by molar-refractivity contribution is 0.102. The van der Waals surface area contributed by atoms with Crippen molar-refractivity contribution < 1.29 is 4.79 Å². The maximum atomic E-state index is 13.2. The van der Waals surface area contributed by atoms with Gasteiger partial charge in [-0.15, -0.1) is 0 Å². The smallest absolute Gasteiger partial charge is 0.258 e. The molecule has 0 saturated heterocycles. The lowest BCUT2D eigenvalue weighted by atomic mass is 9.92. The third-order valence-corrected chi connectivity index (χ3v) is 4.87. The molecule has 0 aliphatic heterocycles. The van der Waals surface area contributed by atoms with Gasteiger partial charge in [0.05, 0.1) is 22.5 Å². The van der Waals surface area contributed by atoms with Gasteiger partial charge in [-0.05, 0) is 38.1 Å². The molecule has 152 valence electrons. The van der Waals surface area contributed by atoms with Gasteiger partial charge < -0.3 is 5.32 Å². The van der Waals surface area contributed by atoms with Crippen LogP contribution in [0.1, 0.15) is 48.1 Å². The molecule has 0 atom stereocenters. The Hall–Kier alpha value is -3.61. The molecule has 4 aromatic rings. The molecule has 0 saturated carbocycles. The molecule has 1 amide bonds. The minimum absolute atomic E-state index is 0.197.